The van der Waals surface area contributed by atoms with Crippen LogP contribution in [-0.4, -0.2) is 24.9 Å². The quantitative estimate of drug-likeness (QED) is 0.115. The van der Waals surface area contributed by atoms with Gasteiger partial charge in [-0.05, 0) is 41.2 Å². The van der Waals surface area contributed by atoms with Crippen molar-refractivity contribution < 1.29 is 23.5 Å². The van der Waals surface area contributed by atoms with E-state index < -0.39 is 11.8 Å². The summed E-state index contributed by atoms with van der Waals surface area (Å²) in [6.07, 6.45) is 4.55. The van der Waals surface area contributed by atoms with Crippen LogP contribution < -0.4 is 9.47 Å². The van der Waals surface area contributed by atoms with Crippen molar-refractivity contribution in [1.29, 1.82) is 0 Å². The Morgan fingerprint density at radius 2 is 1.62 bits per heavy atom. The zero-order chi connectivity index (χ0) is 23.8. The van der Waals surface area contributed by atoms with Crippen LogP contribution >= 0.6 is 0 Å². The Morgan fingerprint density at radius 1 is 0.912 bits per heavy atom. The van der Waals surface area contributed by atoms with Crippen LogP contribution in [0.4, 0.5) is 4.39 Å². The molecular weight excluding hydrogens is 433 g/mol. The number of hydrogen-bond acceptors (Lipinski definition) is 5. The van der Waals surface area contributed by atoms with Crippen LogP contribution in [0.15, 0.2) is 78.0 Å². The first kappa shape index (κ1) is 23.5. The Bertz CT molecular complexity index is 1120. The summed E-state index contributed by atoms with van der Waals surface area (Å²) in [7, 11) is 0. The molecule has 0 bridgehead atoms. The molecule has 0 aliphatic heterocycles. The van der Waals surface area contributed by atoms with Gasteiger partial charge in [-0.2, -0.15) is 4.39 Å². The Labute approximate surface area is 199 Å². The van der Waals surface area contributed by atoms with Gasteiger partial charge in [0.2, 0.25) is 5.82 Å². The zero-order valence-corrected chi connectivity index (χ0v) is 19.2. The van der Waals surface area contributed by atoms with Gasteiger partial charge in [0, 0.05) is 6.92 Å². The van der Waals surface area contributed by atoms with Crippen LogP contribution in [0.3, 0.4) is 0 Å². The molecule has 3 aromatic carbocycles. The van der Waals surface area contributed by atoms with E-state index in [2.05, 4.69) is 41.6 Å². The van der Waals surface area contributed by atoms with Gasteiger partial charge in [-0.15, -0.1) is 0 Å². The van der Waals surface area contributed by atoms with Crippen molar-refractivity contribution in [2.24, 2.45) is 11.1 Å². The van der Waals surface area contributed by atoms with Crippen molar-refractivity contribution in [3.63, 3.8) is 0 Å². The Balaban J connectivity index is 1.37. The number of ether oxygens (including phenoxy) is 2. The molecule has 0 N–H and O–H groups in total. The smallest absolute Gasteiger partial charge is 0.308 e. The summed E-state index contributed by atoms with van der Waals surface area (Å²) in [5.74, 6) is -0.844. The largest absolute Gasteiger partial charge is 0.487 e. The SMILES string of the molecule is CC(=O)Oc1cccc(OCCON=C(CC2CCC2)c2ccc(-c3ccccc3)cc2)c1F. The van der Waals surface area contributed by atoms with E-state index in [4.69, 9.17) is 14.3 Å². The van der Waals surface area contributed by atoms with E-state index in [0.717, 1.165) is 23.3 Å². The highest BCUT2D eigenvalue weighted by Crippen LogP contribution is 2.31. The minimum atomic E-state index is -0.717. The summed E-state index contributed by atoms with van der Waals surface area (Å²) >= 11 is 0. The maximum absolute atomic E-state index is 14.4. The number of carbonyl (C=O) groups excluding carboxylic acids is 1. The average molecular weight is 462 g/mol. The van der Waals surface area contributed by atoms with Gasteiger partial charge in [-0.25, -0.2) is 0 Å². The second kappa shape index (κ2) is 11.5. The topological polar surface area (TPSA) is 57.1 Å². The van der Waals surface area contributed by atoms with E-state index in [1.165, 1.54) is 43.9 Å². The lowest BCUT2D eigenvalue weighted by atomic mass is 9.80. The van der Waals surface area contributed by atoms with Gasteiger partial charge in [0.15, 0.2) is 18.1 Å². The van der Waals surface area contributed by atoms with Crippen LogP contribution in [0.1, 0.15) is 38.2 Å². The Kier molecular flexibility index (Phi) is 7.91. The fourth-order valence-corrected chi connectivity index (χ4v) is 3.81. The molecule has 5 nitrogen and oxygen atoms in total. The van der Waals surface area contributed by atoms with Crippen LogP contribution in [0.2, 0.25) is 0 Å². The average Bonchev–Trinajstić information content (AvgIpc) is 2.82. The molecule has 1 saturated carbocycles. The number of hydrogen-bond donors (Lipinski definition) is 0. The lowest BCUT2D eigenvalue weighted by Crippen LogP contribution is -2.17. The van der Waals surface area contributed by atoms with Crippen LogP contribution in [0.25, 0.3) is 11.1 Å². The molecule has 3 aromatic rings. The number of carbonyl (C=O) groups is 1. The van der Waals surface area contributed by atoms with Crippen LogP contribution in [0.5, 0.6) is 11.5 Å². The number of esters is 1. The van der Waals surface area contributed by atoms with E-state index in [1.807, 2.05) is 18.2 Å². The third-order valence-corrected chi connectivity index (χ3v) is 5.82. The molecule has 0 saturated heterocycles. The van der Waals surface area contributed by atoms with Crippen molar-refractivity contribution in [3.8, 4) is 22.6 Å². The summed E-state index contributed by atoms with van der Waals surface area (Å²) in [6, 6.07) is 23.0. The summed E-state index contributed by atoms with van der Waals surface area (Å²) in [6.45, 7) is 1.48. The molecule has 176 valence electrons. The molecule has 34 heavy (non-hydrogen) atoms. The summed E-state index contributed by atoms with van der Waals surface area (Å²) in [5, 5.41) is 4.40. The molecule has 0 heterocycles. The predicted molar refractivity (Wildman–Crippen MR) is 130 cm³/mol. The summed E-state index contributed by atoms with van der Waals surface area (Å²) in [5.41, 5.74) is 4.27. The molecule has 0 atom stereocenters. The van der Waals surface area contributed by atoms with Gasteiger partial charge in [0.25, 0.3) is 0 Å². The fourth-order valence-electron chi connectivity index (χ4n) is 3.81. The zero-order valence-electron chi connectivity index (χ0n) is 19.2. The van der Waals surface area contributed by atoms with Crippen molar-refractivity contribution in [2.45, 2.75) is 32.6 Å². The first-order valence-electron chi connectivity index (χ1n) is 11.5. The molecule has 6 heteroatoms. The van der Waals surface area contributed by atoms with E-state index in [9.17, 15) is 9.18 Å². The first-order chi connectivity index (χ1) is 16.6. The van der Waals surface area contributed by atoms with Gasteiger partial charge in [0.05, 0.1) is 5.71 Å². The minimum absolute atomic E-state index is 0.00229. The van der Waals surface area contributed by atoms with Gasteiger partial charge in [-0.1, -0.05) is 85.1 Å². The highest BCUT2D eigenvalue weighted by atomic mass is 19.1. The van der Waals surface area contributed by atoms with Crippen molar-refractivity contribution in [2.75, 3.05) is 13.2 Å². The standard InChI is InChI=1S/C28H28FNO4/c1-20(31)34-27-12-6-11-26(28(27)29)32-17-18-33-30-25(19-21-7-5-8-21)24-15-13-23(14-16-24)22-9-3-2-4-10-22/h2-4,6,9-16,21H,5,7-8,17-19H2,1H3. The van der Waals surface area contributed by atoms with Crippen LogP contribution in [0, 0.1) is 11.7 Å². The Morgan fingerprint density at radius 3 is 2.29 bits per heavy atom. The number of nitrogens with zero attached hydrogens (tertiary/aromatic N) is 1. The molecule has 0 spiro atoms. The van der Waals surface area contributed by atoms with E-state index in [-0.39, 0.29) is 24.7 Å². The predicted octanol–water partition coefficient (Wildman–Crippen LogP) is 6.41. The van der Waals surface area contributed by atoms with Crippen LogP contribution in [-0.2, 0) is 9.63 Å². The minimum Gasteiger partial charge on any atom is -0.487 e. The molecule has 1 aliphatic carbocycles. The summed E-state index contributed by atoms with van der Waals surface area (Å²) < 4.78 is 24.7. The number of benzene rings is 3. The van der Waals surface area contributed by atoms with Crippen molar-refractivity contribution >= 4 is 11.7 Å². The second-order valence-electron chi connectivity index (χ2n) is 8.33. The van der Waals surface area contributed by atoms with E-state index in [1.54, 1.807) is 6.07 Å². The maximum atomic E-state index is 14.4. The van der Waals surface area contributed by atoms with Gasteiger partial charge >= 0.3 is 5.97 Å². The van der Waals surface area contributed by atoms with E-state index >= 15 is 0 Å². The summed E-state index contributed by atoms with van der Waals surface area (Å²) in [4.78, 5) is 16.6. The first-order valence-corrected chi connectivity index (χ1v) is 11.5. The van der Waals surface area contributed by atoms with Crippen molar-refractivity contribution in [1.82, 2.24) is 0 Å². The fraction of sp³-hybridized carbons (Fsp3) is 0.286. The Hall–Kier alpha value is -3.67. The van der Waals surface area contributed by atoms with Gasteiger partial charge in [0.1, 0.15) is 6.61 Å². The number of rotatable bonds is 10. The van der Waals surface area contributed by atoms with Crippen molar-refractivity contribution in [3.05, 3.63) is 84.2 Å². The van der Waals surface area contributed by atoms with E-state index in [0.29, 0.717) is 5.92 Å². The molecular formula is C28H28FNO4. The molecule has 1 fully saturated rings. The highest BCUT2D eigenvalue weighted by Gasteiger charge is 2.21. The molecule has 0 amide bonds. The molecule has 1 aliphatic rings. The lowest BCUT2D eigenvalue weighted by Gasteiger charge is -2.25. The maximum Gasteiger partial charge on any atom is 0.308 e. The van der Waals surface area contributed by atoms with Gasteiger partial charge < -0.3 is 14.3 Å². The molecule has 0 aromatic heterocycles. The molecule has 0 unspecified atom stereocenters. The normalized spacial score (nSPS) is 13.8. The third-order valence-electron chi connectivity index (χ3n) is 5.82. The molecule has 0 radical (unpaired) electrons. The lowest BCUT2D eigenvalue weighted by molar-refractivity contribution is -0.132. The monoisotopic (exact) mass is 461 g/mol. The van der Waals surface area contributed by atoms with Gasteiger partial charge in [-0.3, -0.25) is 4.79 Å². The molecule has 4 rings (SSSR count). The number of halogens is 1. The highest BCUT2D eigenvalue weighted by molar-refractivity contribution is 6.00. The second-order valence-corrected chi connectivity index (χ2v) is 8.33. The number of oxime groups is 1. The third kappa shape index (κ3) is 6.22.